The van der Waals surface area contributed by atoms with E-state index in [1.54, 1.807) is 0 Å². The van der Waals surface area contributed by atoms with Crippen molar-refractivity contribution in [1.29, 1.82) is 0 Å². The molecule has 0 fully saturated rings. The van der Waals surface area contributed by atoms with Crippen molar-refractivity contribution in [2.75, 3.05) is 13.2 Å². The lowest BCUT2D eigenvalue weighted by atomic mass is 10.1. The monoisotopic (exact) mass is 271 g/mol. The second-order valence-electron chi connectivity index (χ2n) is 5.18. The Bertz CT molecular complexity index is 252. The second kappa shape index (κ2) is 12.0. The number of ether oxygens (including phenoxy) is 1. The highest BCUT2D eigenvalue weighted by atomic mass is 16.5. The van der Waals surface area contributed by atoms with E-state index in [-0.39, 0.29) is 24.2 Å². The van der Waals surface area contributed by atoms with Gasteiger partial charge in [0.25, 0.3) is 0 Å². The predicted molar refractivity (Wildman–Crippen MR) is 76.8 cm³/mol. The summed E-state index contributed by atoms with van der Waals surface area (Å²) in [6, 6.07) is 0. The quantitative estimate of drug-likeness (QED) is 0.464. The normalized spacial score (nSPS) is 10.5. The standard InChI is InChI=1S/C15H29NO3/c1-4-5-6-7-8-9-12-19-14(17)10-11-16-15(18)13(2)3/h13H,4-12H2,1-3H3,(H,16,18). The average molecular weight is 271 g/mol. The third-order valence-electron chi connectivity index (χ3n) is 2.91. The topological polar surface area (TPSA) is 55.4 Å². The highest BCUT2D eigenvalue weighted by Gasteiger charge is 2.07. The SMILES string of the molecule is CCCCCCCCOC(=O)CCNC(=O)C(C)C. The third kappa shape index (κ3) is 11.7. The number of nitrogens with one attached hydrogen (secondary N) is 1. The molecule has 0 atom stereocenters. The summed E-state index contributed by atoms with van der Waals surface area (Å²) in [5, 5.41) is 2.70. The highest BCUT2D eigenvalue weighted by molar-refractivity contribution is 5.78. The number of amides is 1. The van der Waals surface area contributed by atoms with Crippen LogP contribution in [0.4, 0.5) is 0 Å². The van der Waals surface area contributed by atoms with Crippen LogP contribution in [0.15, 0.2) is 0 Å². The van der Waals surface area contributed by atoms with E-state index in [9.17, 15) is 9.59 Å². The van der Waals surface area contributed by atoms with Crippen molar-refractivity contribution in [2.24, 2.45) is 5.92 Å². The minimum Gasteiger partial charge on any atom is -0.466 e. The summed E-state index contributed by atoms with van der Waals surface area (Å²) in [7, 11) is 0. The fourth-order valence-corrected chi connectivity index (χ4v) is 1.63. The van der Waals surface area contributed by atoms with Gasteiger partial charge < -0.3 is 10.1 Å². The van der Waals surface area contributed by atoms with E-state index >= 15 is 0 Å². The van der Waals surface area contributed by atoms with Crippen molar-refractivity contribution in [1.82, 2.24) is 5.32 Å². The zero-order valence-corrected chi connectivity index (χ0v) is 12.7. The first-order chi connectivity index (χ1) is 9.07. The summed E-state index contributed by atoms with van der Waals surface area (Å²) < 4.78 is 5.10. The molecule has 0 aliphatic heterocycles. The number of carbonyl (C=O) groups excluding carboxylic acids is 2. The molecule has 0 unspecified atom stereocenters. The molecule has 0 rings (SSSR count). The number of carbonyl (C=O) groups is 2. The van der Waals surface area contributed by atoms with Gasteiger partial charge >= 0.3 is 5.97 Å². The fraction of sp³-hybridized carbons (Fsp3) is 0.867. The molecule has 0 saturated heterocycles. The summed E-state index contributed by atoms with van der Waals surface area (Å²) in [5.74, 6) is -0.291. The average Bonchev–Trinajstić information content (AvgIpc) is 2.37. The first-order valence-corrected chi connectivity index (χ1v) is 7.51. The highest BCUT2D eigenvalue weighted by Crippen LogP contribution is 2.05. The zero-order valence-electron chi connectivity index (χ0n) is 12.7. The number of rotatable bonds is 11. The molecule has 4 nitrogen and oxygen atoms in total. The summed E-state index contributed by atoms with van der Waals surface area (Å²) in [6.45, 7) is 6.72. The van der Waals surface area contributed by atoms with E-state index in [4.69, 9.17) is 4.74 Å². The number of esters is 1. The van der Waals surface area contributed by atoms with Gasteiger partial charge in [-0.3, -0.25) is 9.59 Å². The Kier molecular flexibility index (Phi) is 11.3. The number of hydrogen-bond donors (Lipinski definition) is 1. The lowest BCUT2D eigenvalue weighted by Gasteiger charge is -2.08. The maximum atomic E-state index is 11.4. The maximum Gasteiger partial charge on any atom is 0.307 e. The van der Waals surface area contributed by atoms with Gasteiger partial charge in [0.05, 0.1) is 13.0 Å². The molecule has 1 amide bonds. The molecule has 1 N–H and O–H groups in total. The molecule has 0 aromatic rings. The molecule has 0 heterocycles. The van der Waals surface area contributed by atoms with Crippen molar-refractivity contribution in [3.63, 3.8) is 0 Å². The molecule has 0 spiro atoms. The second-order valence-corrected chi connectivity index (χ2v) is 5.18. The maximum absolute atomic E-state index is 11.4. The molecule has 0 radical (unpaired) electrons. The van der Waals surface area contributed by atoms with Gasteiger partial charge in [0.2, 0.25) is 5.91 Å². The first-order valence-electron chi connectivity index (χ1n) is 7.51. The van der Waals surface area contributed by atoms with Gasteiger partial charge in [0, 0.05) is 12.5 Å². The van der Waals surface area contributed by atoms with Crippen LogP contribution < -0.4 is 5.32 Å². The van der Waals surface area contributed by atoms with Crippen LogP contribution in [0.5, 0.6) is 0 Å². The zero-order chi connectivity index (χ0) is 14.5. The Morgan fingerprint density at radius 2 is 1.68 bits per heavy atom. The van der Waals surface area contributed by atoms with Crippen molar-refractivity contribution < 1.29 is 14.3 Å². The Labute approximate surface area is 117 Å². The van der Waals surface area contributed by atoms with Crippen LogP contribution in [0.2, 0.25) is 0 Å². The lowest BCUT2D eigenvalue weighted by Crippen LogP contribution is -2.30. The van der Waals surface area contributed by atoms with E-state index in [0.29, 0.717) is 13.2 Å². The Morgan fingerprint density at radius 3 is 2.32 bits per heavy atom. The van der Waals surface area contributed by atoms with Gasteiger partial charge in [0.15, 0.2) is 0 Å². The Morgan fingerprint density at radius 1 is 1.05 bits per heavy atom. The van der Waals surface area contributed by atoms with Crippen LogP contribution in [-0.2, 0) is 14.3 Å². The van der Waals surface area contributed by atoms with Crippen LogP contribution in [0.3, 0.4) is 0 Å². The minimum atomic E-state index is -0.224. The molecule has 19 heavy (non-hydrogen) atoms. The van der Waals surface area contributed by atoms with Crippen LogP contribution in [-0.4, -0.2) is 25.0 Å². The molecule has 0 bridgehead atoms. The smallest absolute Gasteiger partial charge is 0.307 e. The fourth-order valence-electron chi connectivity index (χ4n) is 1.63. The van der Waals surface area contributed by atoms with Crippen molar-refractivity contribution in [3.05, 3.63) is 0 Å². The predicted octanol–water partition coefficient (Wildman–Crippen LogP) is 3.05. The Hall–Kier alpha value is -1.06. The molecule has 0 aliphatic carbocycles. The largest absolute Gasteiger partial charge is 0.466 e. The molecule has 112 valence electrons. The van der Waals surface area contributed by atoms with Gasteiger partial charge in [-0.1, -0.05) is 52.9 Å². The van der Waals surface area contributed by atoms with Gasteiger partial charge in [-0.25, -0.2) is 0 Å². The summed E-state index contributed by atoms with van der Waals surface area (Å²) in [5.41, 5.74) is 0. The Balaban J connectivity index is 3.33. The minimum absolute atomic E-state index is 0.0243. The van der Waals surface area contributed by atoms with E-state index in [2.05, 4.69) is 12.2 Å². The summed E-state index contributed by atoms with van der Waals surface area (Å²) >= 11 is 0. The van der Waals surface area contributed by atoms with Crippen molar-refractivity contribution >= 4 is 11.9 Å². The van der Waals surface area contributed by atoms with Gasteiger partial charge in [-0.2, -0.15) is 0 Å². The molecule has 0 aromatic heterocycles. The van der Waals surface area contributed by atoms with Crippen LogP contribution in [0.1, 0.15) is 65.7 Å². The summed E-state index contributed by atoms with van der Waals surface area (Å²) in [6.07, 6.45) is 7.34. The summed E-state index contributed by atoms with van der Waals surface area (Å²) in [4.78, 5) is 22.6. The molecular formula is C15H29NO3. The number of hydrogen-bond acceptors (Lipinski definition) is 3. The van der Waals surface area contributed by atoms with E-state index < -0.39 is 0 Å². The van der Waals surface area contributed by atoms with Gasteiger partial charge in [-0.05, 0) is 6.42 Å². The molecule has 0 aromatic carbocycles. The van der Waals surface area contributed by atoms with E-state index in [1.807, 2.05) is 13.8 Å². The third-order valence-corrected chi connectivity index (χ3v) is 2.91. The van der Waals surface area contributed by atoms with Crippen LogP contribution >= 0.6 is 0 Å². The molecular weight excluding hydrogens is 242 g/mol. The molecule has 0 saturated carbocycles. The van der Waals surface area contributed by atoms with E-state index in [0.717, 1.165) is 12.8 Å². The molecule has 4 heteroatoms. The first kappa shape index (κ1) is 17.9. The van der Waals surface area contributed by atoms with Crippen molar-refractivity contribution in [3.8, 4) is 0 Å². The van der Waals surface area contributed by atoms with Crippen LogP contribution in [0.25, 0.3) is 0 Å². The molecule has 0 aliphatic rings. The number of unbranched alkanes of at least 4 members (excludes halogenated alkanes) is 5. The van der Waals surface area contributed by atoms with Gasteiger partial charge in [0.1, 0.15) is 0 Å². The lowest BCUT2D eigenvalue weighted by molar-refractivity contribution is -0.143. The van der Waals surface area contributed by atoms with Crippen molar-refractivity contribution in [2.45, 2.75) is 65.7 Å². The van der Waals surface area contributed by atoms with Gasteiger partial charge in [-0.15, -0.1) is 0 Å². The van der Waals surface area contributed by atoms with Crippen LogP contribution in [0, 0.1) is 5.92 Å². The van der Waals surface area contributed by atoms with E-state index in [1.165, 1.54) is 25.7 Å².